The second kappa shape index (κ2) is 6.20. The molecule has 3 nitrogen and oxygen atoms in total. The largest absolute Gasteiger partial charge is 0.465 e. The maximum Gasteiger partial charge on any atom is 0.338 e. The lowest BCUT2D eigenvalue weighted by Crippen LogP contribution is -2.36. The fourth-order valence-electron chi connectivity index (χ4n) is 3.38. The predicted molar refractivity (Wildman–Crippen MR) is 95.7 cm³/mol. The zero-order valence-electron chi connectivity index (χ0n) is 13.8. The monoisotopic (exact) mass is 391 g/mol. The van der Waals surface area contributed by atoms with Crippen molar-refractivity contribution in [2.75, 3.05) is 12.4 Å². The molecule has 1 aliphatic heterocycles. The number of rotatable bonds is 2. The standard InChI is InChI=1S/C19H19BrFNO2/c1-19(2)10-15-14(18(23)24-3)8-13(21)9-16(15)22-17(19)11-5-4-6-12(20)7-11/h4-9,17,22H,10H2,1-3H3. The van der Waals surface area contributed by atoms with Crippen LogP contribution in [0.25, 0.3) is 0 Å². The fraction of sp³-hybridized carbons (Fsp3) is 0.316. The SMILES string of the molecule is COC(=O)c1cc(F)cc2c1CC(C)(C)C(c1cccc(Br)c1)N2. The lowest BCUT2D eigenvalue weighted by Gasteiger charge is -2.42. The summed E-state index contributed by atoms with van der Waals surface area (Å²) in [6.07, 6.45) is 0.650. The van der Waals surface area contributed by atoms with Crippen LogP contribution in [0.15, 0.2) is 40.9 Å². The molecule has 1 aliphatic rings. The molecule has 5 heteroatoms. The minimum absolute atomic E-state index is 0.00907. The van der Waals surface area contributed by atoms with Crippen molar-refractivity contribution in [3.63, 3.8) is 0 Å². The number of carbonyl (C=O) groups excluding carboxylic acids is 1. The Morgan fingerprint density at radius 2 is 2.08 bits per heavy atom. The van der Waals surface area contributed by atoms with Gasteiger partial charge in [-0.3, -0.25) is 0 Å². The van der Waals surface area contributed by atoms with E-state index in [0.29, 0.717) is 17.7 Å². The van der Waals surface area contributed by atoms with Crippen LogP contribution in [0.3, 0.4) is 0 Å². The summed E-state index contributed by atoms with van der Waals surface area (Å²) in [5.41, 5.74) is 2.71. The smallest absolute Gasteiger partial charge is 0.338 e. The number of anilines is 1. The van der Waals surface area contributed by atoms with Gasteiger partial charge in [0, 0.05) is 10.2 Å². The van der Waals surface area contributed by atoms with Crippen LogP contribution < -0.4 is 5.32 Å². The summed E-state index contributed by atoms with van der Waals surface area (Å²) in [6.45, 7) is 4.28. The third-order valence-electron chi connectivity index (χ3n) is 4.52. The Balaban J connectivity index is 2.10. The maximum absolute atomic E-state index is 14.0. The van der Waals surface area contributed by atoms with Crippen molar-refractivity contribution in [2.45, 2.75) is 26.3 Å². The molecule has 0 saturated carbocycles. The molecule has 0 fully saturated rings. The third kappa shape index (κ3) is 3.05. The summed E-state index contributed by atoms with van der Waals surface area (Å²) in [4.78, 5) is 12.0. The van der Waals surface area contributed by atoms with E-state index in [1.807, 2.05) is 12.1 Å². The molecule has 0 radical (unpaired) electrons. The molecule has 126 valence electrons. The highest BCUT2D eigenvalue weighted by molar-refractivity contribution is 9.10. The number of carbonyl (C=O) groups is 1. The van der Waals surface area contributed by atoms with E-state index in [1.165, 1.54) is 19.2 Å². The Bertz CT molecular complexity index is 804. The number of nitrogens with one attached hydrogen (secondary N) is 1. The summed E-state index contributed by atoms with van der Waals surface area (Å²) in [6, 6.07) is 10.8. The van der Waals surface area contributed by atoms with E-state index in [0.717, 1.165) is 15.6 Å². The first-order valence-electron chi connectivity index (χ1n) is 7.74. The van der Waals surface area contributed by atoms with Gasteiger partial charge < -0.3 is 10.1 Å². The molecule has 3 rings (SSSR count). The first-order valence-corrected chi connectivity index (χ1v) is 8.54. The van der Waals surface area contributed by atoms with E-state index >= 15 is 0 Å². The molecule has 24 heavy (non-hydrogen) atoms. The van der Waals surface area contributed by atoms with Gasteiger partial charge in [0.05, 0.1) is 18.7 Å². The van der Waals surface area contributed by atoms with Crippen LogP contribution in [0.2, 0.25) is 0 Å². The van der Waals surface area contributed by atoms with E-state index in [2.05, 4.69) is 47.2 Å². The van der Waals surface area contributed by atoms with Crippen molar-refractivity contribution in [2.24, 2.45) is 5.41 Å². The van der Waals surface area contributed by atoms with Crippen molar-refractivity contribution in [3.05, 3.63) is 63.4 Å². The van der Waals surface area contributed by atoms with Gasteiger partial charge in [-0.15, -0.1) is 0 Å². The van der Waals surface area contributed by atoms with Gasteiger partial charge in [0.25, 0.3) is 0 Å². The average molecular weight is 392 g/mol. The van der Waals surface area contributed by atoms with Gasteiger partial charge in [0.1, 0.15) is 5.82 Å². The van der Waals surface area contributed by atoms with Crippen LogP contribution in [0.5, 0.6) is 0 Å². The minimum Gasteiger partial charge on any atom is -0.465 e. The quantitative estimate of drug-likeness (QED) is 0.722. The Labute approximate surface area is 149 Å². The molecule has 0 aliphatic carbocycles. The Kier molecular flexibility index (Phi) is 4.38. The molecule has 1 atom stereocenters. The maximum atomic E-state index is 14.0. The first kappa shape index (κ1) is 17.0. The summed E-state index contributed by atoms with van der Waals surface area (Å²) >= 11 is 3.50. The Morgan fingerprint density at radius 3 is 2.75 bits per heavy atom. The average Bonchev–Trinajstić information content (AvgIpc) is 2.52. The van der Waals surface area contributed by atoms with E-state index in [9.17, 15) is 9.18 Å². The molecule has 0 amide bonds. The molecule has 0 bridgehead atoms. The zero-order valence-corrected chi connectivity index (χ0v) is 15.4. The lowest BCUT2D eigenvalue weighted by atomic mass is 9.72. The van der Waals surface area contributed by atoms with Crippen molar-refractivity contribution >= 4 is 27.6 Å². The number of halogens is 2. The van der Waals surface area contributed by atoms with Gasteiger partial charge >= 0.3 is 5.97 Å². The van der Waals surface area contributed by atoms with Crippen LogP contribution in [-0.4, -0.2) is 13.1 Å². The number of ether oxygens (including phenoxy) is 1. The lowest BCUT2D eigenvalue weighted by molar-refractivity contribution is 0.0598. The zero-order chi connectivity index (χ0) is 17.5. The molecule has 0 aromatic heterocycles. The van der Waals surface area contributed by atoms with E-state index in [-0.39, 0.29) is 11.5 Å². The number of esters is 1. The van der Waals surface area contributed by atoms with Crippen LogP contribution in [0.1, 0.15) is 41.4 Å². The van der Waals surface area contributed by atoms with E-state index < -0.39 is 11.8 Å². The molecule has 1 N–H and O–H groups in total. The van der Waals surface area contributed by atoms with Gasteiger partial charge in [-0.2, -0.15) is 0 Å². The van der Waals surface area contributed by atoms with E-state index in [4.69, 9.17) is 4.74 Å². The normalized spacial score (nSPS) is 18.5. The molecule has 0 spiro atoms. The fourth-order valence-corrected chi connectivity index (χ4v) is 3.79. The molecular weight excluding hydrogens is 373 g/mol. The molecule has 1 unspecified atom stereocenters. The van der Waals surface area contributed by atoms with Crippen molar-refractivity contribution in [1.29, 1.82) is 0 Å². The van der Waals surface area contributed by atoms with Crippen LogP contribution in [-0.2, 0) is 11.2 Å². The highest BCUT2D eigenvalue weighted by Crippen LogP contribution is 2.46. The van der Waals surface area contributed by atoms with Gasteiger partial charge in [0.2, 0.25) is 0 Å². The van der Waals surface area contributed by atoms with E-state index in [1.54, 1.807) is 0 Å². The summed E-state index contributed by atoms with van der Waals surface area (Å²) < 4.78 is 19.8. The predicted octanol–water partition coefficient (Wildman–Crippen LogP) is 5.11. The van der Waals surface area contributed by atoms with Crippen molar-refractivity contribution in [1.82, 2.24) is 0 Å². The molecule has 2 aromatic rings. The number of benzene rings is 2. The second-order valence-corrected chi connectivity index (χ2v) is 7.68. The molecule has 0 saturated heterocycles. The first-order chi connectivity index (χ1) is 11.3. The third-order valence-corrected chi connectivity index (χ3v) is 5.01. The number of fused-ring (bicyclic) bond motifs is 1. The highest BCUT2D eigenvalue weighted by atomic mass is 79.9. The van der Waals surface area contributed by atoms with Crippen molar-refractivity contribution < 1.29 is 13.9 Å². The topological polar surface area (TPSA) is 38.3 Å². The van der Waals surface area contributed by atoms with Crippen molar-refractivity contribution in [3.8, 4) is 0 Å². The number of hydrogen-bond acceptors (Lipinski definition) is 3. The Hall–Kier alpha value is -1.88. The molecular formula is C19H19BrFNO2. The van der Waals surface area contributed by atoms with Crippen LogP contribution in [0, 0.1) is 11.2 Å². The molecule has 2 aromatic carbocycles. The van der Waals surface area contributed by atoms with Gasteiger partial charge in [0.15, 0.2) is 0 Å². The Morgan fingerprint density at radius 1 is 1.33 bits per heavy atom. The summed E-state index contributed by atoms with van der Waals surface area (Å²) in [5.74, 6) is -0.960. The minimum atomic E-state index is -0.510. The van der Waals surface area contributed by atoms with Crippen LogP contribution >= 0.6 is 15.9 Å². The second-order valence-electron chi connectivity index (χ2n) is 6.77. The number of hydrogen-bond donors (Lipinski definition) is 1. The van der Waals surface area contributed by atoms with Gasteiger partial charge in [-0.25, -0.2) is 9.18 Å². The van der Waals surface area contributed by atoms with Gasteiger partial charge in [-0.05, 0) is 47.2 Å². The van der Waals surface area contributed by atoms with Gasteiger partial charge in [-0.1, -0.05) is 41.9 Å². The van der Waals surface area contributed by atoms with Crippen LogP contribution in [0.4, 0.5) is 10.1 Å². The molecule has 1 heterocycles. The highest BCUT2D eigenvalue weighted by Gasteiger charge is 2.38. The number of methoxy groups -OCH3 is 1. The summed E-state index contributed by atoms with van der Waals surface area (Å²) in [5, 5.41) is 3.42. The summed E-state index contributed by atoms with van der Waals surface area (Å²) in [7, 11) is 1.31.